The standard InChI is InChI=1S/C18H14ClNO4/c19-12-4-5-14-15(18(23)20-16(14)10-12)9-11-2-1-3-13(8-11)24-7-6-17(21)22/h1-5,8-10H,6-7H2,(H,20,23)(H,21,22). The van der Waals surface area contributed by atoms with E-state index in [2.05, 4.69) is 5.32 Å². The molecule has 2 aromatic rings. The molecule has 0 aliphatic carbocycles. The number of carbonyl (C=O) groups excluding carboxylic acids is 1. The van der Waals surface area contributed by atoms with Crippen LogP contribution < -0.4 is 10.1 Å². The van der Waals surface area contributed by atoms with Crippen LogP contribution in [0.5, 0.6) is 5.75 Å². The van der Waals surface area contributed by atoms with E-state index in [1.807, 2.05) is 6.07 Å². The predicted molar refractivity (Wildman–Crippen MR) is 92.1 cm³/mol. The molecular formula is C18H14ClNO4. The number of carbonyl (C=O) groups is 2. The van der Waals surface area contributed by atoms with Gasteiger partial charge in [0, 0.05) is 16.2 Å². The van der Waals surface area contributed by atoms with Crippen LogP contribution in [0.4, 0.5) is 5.69 Å². The van der Waals surface area contributed by atoms with Gasteiger partial charge in [0.15, 0.2) is 0 Å². The number of aliphatic carboxylic acids is 1. The summed E-state index contributed by atoms with van der Waals surface area (Å²) in [5, 5.41) is 12.0. The SMILES string of the molecule is O=C(O)CCOc1cccc(C=C2C(=O)Nc3cc(Cl)ccc32)c1. The van der Waals surface area contributed by atoms with Crippen LogP contribution in [0.15, 0.2) is 42.5 Å². The van der Waals surface area contributed by atoms with Crippen LogP contribution in [0.1, 0.15) is 17.5 Å². The molecule has 2 aromatic carbocycles. The first-order valence-corrected chi connectivity index (χ1v) is 7.68. The number of ether oxygens (including phenoxy) is 1. The summed E-state index contributed by atoms with van der Waals surface area (Å²) in [6, 6.07) is 12.4. The number of anilines is 1. The molecule has 0 saturated carbocycles. The van der Waals surface area contributed by atoms with Crippen molar-refractivity contribution in [2.75, 3.05) is 11.9 Å². The molecule has 2 N–H and O–H groups in total. The van der Waals surface area contributed by atoms with Gasteiger partial charge in [0.2, 0.25) is 0 Å². The average molecular weight is 344 g/mol. The first-order valence-electron chi connectivity index (χ1n) is 7.30. The number of carboxylic acid groups (broad SMARTS) is 1. The molecule has 0 spiro atoms. The molecule has 1 heterocycles. The zero-order valence-corrected chi connectivity index (χ0v) is 13.3. The van der Waals surface area contributed by atoms with Crippen LogP contribution in [0.25, 0.3) is 11.6 Å². The van der Waals surface area contributed by atoms with Crippen molar-refractivity contribution in [2.24, 2.45) is 0 Å². The van der Waals surface area contributed by atoms with Crippen molar-refractivity contribution < 1.29 is 19.4 Å². The van der Waals surface area contributed by atoms with Crippen molar-refractivity contribution in [1.29, 1.82) is 0 Å². The molecule has 0 aromatic heterocycles. The third-order valence-electron chi connectivity index (χ3n) is 3.52. The summed E-state index contributed by atoms with van der Waals surface area (Å²) in [5.74, 6) is -0.545. The highest BCUT2D eigenvalue weighted by Gasteiger charge is 2.24. The molecule has 6 heteroatoms. The van der Waals surface area contributed by atoms with Gasteiger partial charge in [0.25, 0.3) is 5.91 Å². The van der Waals surface area contributed by atoms with Crippen LogP contribution >= 0.6 is 11.6 Å². The van der Waals surface area contributed by atoms with E-state index in [0.717, 1.165) is 11.1 Å². The molecule has 3 rings (SSSR count). The highest BCUT2D eigenvalue weighted by molar-refractivity contribution is 6.36. The second-order valence-electron chi connectivity index (χ2n) is 5.27. The smallest absolute Gasteiger partial charge is 0.306 e. The maximum Gasteiger partial charge on any atom is 0.306 e. The summed E-state index contributed by atoms with van der Waals surface area (Å²) in [5.41, 5.74) is 2.81. The largest absolute Gasteiger partial charge is 0.493 e. The van der Waals surface area contributed by atoms with Gasteiger partial charge < -0.3 is 15.2 Å². The van der Waals surface area contributed by atoms with Gasteiger partial charge >= 0.3 is 5.97 Å². The lowest BCUT2D eigenvalue weighted by atomic mass is 10.0. The summed E-state index contributed by atoms with van der Waals surface area (Å²) < 4.78 is 5.41. The van der Waals surface area contributed by atoms with Crippen LogP contribution in [-0.4, -0.2) is 23.6 Å². The van der Waals surface area contributed by atoms with Gasteiger partial charge in [-0.05, 0) is 35.9 Å². The van der Waals surface area contributed by atoms with Crippen molar-refractivity contribution in [3.05, 3.63) is 58.6 Å². The maximum absolute atomic E-state index is 12.2. The summed E-state index contributed by atoms with van der Waals surface area (Å²) in [6.45, 7) is 0.0944. The highest BCUT2D eigenvalue weighted by atomic mass is 35.5. The lowest BCUT2D eigenvalue weighted by Gasteiger charge is -2.05. The van der Waals surface area contributed by atoms with Crippen molar-refractivity contribution in [2.45, 2.75) is 6.42 Å². The molecule has 0 bridgehead atoms. The van der Waals surface area contributed by atoms with E-state index in [1.54, 1.807) is 42.5 Å². The Labute approximate surface area is 143 Å². The molecule has 1 amide bonds. The molecule has 122 valence electrons. The Hall–Kier alpha value is -2.79. The number of fused-ring (bicyclic) bond motifs is 1. The molecule has 1 aliphatic heterocycles. The molecule has 0 radical (unpaired) electrons. The number of rotatable bonds is 5. The number of amides is 1. The zero-order valence-electron chi connectivity index (χ0n) is 12.6. The third-order valence-corrected chi connectivity index (χ3v) is 3.75. The quantitative estimate of drug-likeness (QED) is 0.812. The second-order valence-corrected chi connectivity index (χ2v) is 5.70. The van der Waals surface area contributed by atoms with Crippen LogP contribution in [0.2, 0.25) is 5.02 Å². The Balaban J connectivity index is 1.84. The Kier molecular flexibility index (Phi) is 4.53. The van der Waals surface area contributed by atoms with Gasteiger partial charge in [0.05, 0.1) is 18.7 Å². The fourth-order valence-electron chi connectivity index (χ4n) is 2.43. The van der Waals surface area contributed by atoms with Crippen LogP contribution in [0, 0.1) is 0 Å². The van der Waals surface area contributed by atoms with Crippen LogP contribution in [-0.2, 0) is 9.59 Å². The van der Waals surface area contributed by atoms with E-state index in [-0.39, 0.29) is 18.9 Å². The van der Waals surface area contributed by atoms with Crippen molar-refractivity contribution >= 4 is 40.8 Å². The second kappa shape index (κ2) is 6.76. The van der Waals surface area contributed by atoms with Gasteiger partial charge in [-0.3, -0.25) is 9.59 Å². The summed E-state index contributed by atoms with van der Waals surface area (Å²) >= 11 is 5.94. The highest BCUT2D eigenvalue weighted by Crippen LogP contribution is 2.35. The zero-order chi connectivity index (χ0) is 17.1. The fourth-order valence-corrected chi connectivity index (χ4v) is 2.60. The monoisotopic (exact) mass is 343 g/mol. The number of hydrogen-bond acceptors (Lipinski definition) is 3. The number of benzene rings is 2. The molecule has 24 heavy (non-hydrogen) atoms. The van der Waals surface area contributed by atoms with Crippen molar-refractivity contribution in [1.82, 2.24) is 0 Å². The van der Waals surface area contributed by atoms with Gasteiger partial charge in [-0.1, -0.05) is 29.8 Å². The molecule has 1 aliphatic rings. The minimum Gasteiger partial charge on any atom is -0.493 e. The van der Waals surface area contributed by atoms with E-state index < -0.39 is 5.97 Å². The van der Waals surface area contributed by atoms with E-state index in [9.17, 15) is 9.59 Å². The van der Waals surface area contributed by atoms with Gasteiger partial charge in [0.1, 0.15) is 5.75 Å². The summed E-state index contributed by atoms with van der Waals surface area (Å²) in [4.78, 5) is 22.7. The van der Waals surface area contributed by atoms with E-state index in [1.165, 1.54) is 0 Å². The Morgan fingerprint density at radius 2 is 2.08 bits per heavy atom. The topological polar surface area (TPSA) is 75.6 Å². The summed E-state index contributed by atoms with van der Waals surface area (Å²) in [7, 11) is 0. The fraction of sp³-hybridized carbons (Fsp3) is 0.111. The van der Waals surface area contributed by atoms with Gasteiger partial charge in [-0.2, -0.15) is 0 Å². The molecular weight excluding hydrogens is 330 g/mol. The first-order chi connectivity index (χ1) is 11.5. The van der Waals surface area contributed by atoms with Gasteiger partial charge in [-0.15, -0.1) is 0 Å². The number of carboxylic acids is 1. The Morgan fingerprint density at radius 3 is 2.88 bits per heavy atom. The lowest BCUT2D eigenvalue weighted by Crippen LogP contribution is -2.05. The predicted octanol–water partition coefficient (Wildman–Crippen LogP) is 3.69. The van der Waals surface area contributed by atoms with Gasteiger partial charge in [-0.25, -0.2) is 0 Å². The third kappa shape index (κ3) is 3.58. The lowest BCUT2D eigenvalue weighted by molar-refractivity contribution is -0.137. The van der Waals surface area contributed by atoms with E-state index in [4.69, 9.17) is 21.4 Å². The number of hydrogen-bond donors (Lipinski definition) is 2. The molecule has 0 fully saturated rings. The van der Waals surface area contributed by atoms with E-state index >= 15 is 0 Å². The number of nitrogens with one attached hydrogen (secondary N) is 1. The Bertz CT molecular complexity index is 845. The first kappa shape index (κ1) is 16.1. The van der Waals surface area contributed by atoms with Crippen molar-refractivity contribution in [3.8, 4) is 5.75 Å². The van der Waals surface area contributed by atoms with E-state index in [0.29, 0.717) is 22.0 Å². The van der Waals surface area contributed by atoms with Crippen LogP contribution in [0.3, 0.4) is 0 Å². The molecule has 0 unspecified atom stereocenters. The molecule has 0 atom stereocenters. The molecule has 0 saturated heterocycles. The average Bonchev–Trinajstić information content (AvgIpc) is 2.82. The van der Waals surface area contributed by atoms with Crippen molar-refractivity contribution in [3.63, 3.8) is 0 Å². The summed E-state index contributed by atoms with van der Waals surface area (Å²) in [6.07, 6.45) is 1.70. The maximum atomic E-state index is 12.2. The normalized spacial score (nSPS) is 14.4. The Morgan fingerprint density at radius 1 is 1.25 bits per heavy atom. The number of halogens is 1. The minimum atomic E-state index is -0.911. The minimum absolute atomic E-state index is 0.0676. The molecule has 5 nitrogen and oxygen atoms in total.